The molecule has 4 nitrogen and oxygen atoms in total. The molecule has 1 unspecified atom stereocenters. The van der Waals surface area contributed by atoms with Gasteiger partial charge in [-0.15, -0.1) is 0 Å². The van der Waals surface area contributed by atoms with Gasteiger partial charge in [0.2, 0.25) is 6.41 Å². The van der Waals surface area contributed by atoms with Gasteiger partial charge in [0, 0.05) is 0 Å². The summed E-state index contributed by atoms with van der Waals surface area (Å²) in [5.74, 6) is -0.844. The summed E-state index contributed by atoms with van der Waals surface area (Å²) in [4.78, 5) is 20.6. The summed E-state index contributed by atoms with van der Waals surface area (Å²) in [6, 6.07) is 8.83. The molecular weight excluding hydrogens is 285 g/mol. The van der Waals surface area contributed by atoms with Gasteiger partial charge in [0.15, 0.2) is 4.84 Å². The van der Waals surface area contributed by atoms with Crippen molar-refractivity contribution in [2.75, 3.05) is 0 Å². The Kier molecular flexibility index (Phi) is 5.61. The van der Waals surface area contributed by atoms with Crippen LogP contribution in [-0.4, -0.2) is 25.7 Å². The normalized spacial score (nSPS) is 12.2. The third-order valence-electron chi connectivity index (χ3n) is 1.85. The summed E-state index contributed by atoms with van der Waals surface area (Å²) in [6.07, 6.45) is 0.166. The maximum Gasteiger partial charge on any atom is 0.274 e. The zero-order valence-corrected chi connectivity index (χ0v) is 10.9. The molecule has 0 bridgehead atoms. The van der Waals surface area contributed by atoms with E-state index in [1.54, 1.807) is 24.3 Å². The second-order valence-electron chi connectivity index (χ2n) is 3.02. The number of alkyl halides is 2. The SMILES string of the molecule is O=CN(C(=O)C(Cl)Cl)S(=O)Cc1ccccc1. The highest BCUT2D eigenvalue weighted by Crippen LogP contribution is 2.11. The minimum atomic E-state index is -1.81. The number of hydrogen-bond donors (Lipinski definition) is 0. The van der Waals surface area contributed by atoms with Crippen LogP contribution in [0.25, 0.3) is 0 Å². The number of amides is 2. The lowest BCUT2D eigenvalue weighted by Crippen LogP contribution is -2.35. The van der Waals surface area contributed by atoms with Gasteiger partial charge in [-0.2, -0.15) is 4.31 Å². The standard InChI is InChI=1S/C10H9Cl2NO3S/c11-9(12)10(15)13(7-14)17(16)6-8-4-2-1-3-5-8/h1-5,7,9H,6H2. The van der Waals surface area contributed by atoms with E-state index in [0.29, 0.717) is 4.31 Å². The van der Waals surface area contributed by atoms with Gasteiger partial charge in [0.1, 0.15) is 11.0 Å². The van der Waals surface area contributed by atoms with Crippen molar-refractivity contribution in [2.24, 2.45) is 0 Å². The number of halogens is 2. The van der Waals surface area contributed by atoms with E-state index in [1.165, 1.54) is 0 Å². The van der Waals surface area contributed by atoms with E-state index in [2.05, 4.69) is 0 Å². The molecule has 1 aromatic rings. The predicted molar refractivity (Wildman–Crippen MR) is 66.7 cm³/mol. The molecule has 0 aliphatic rings. The summed E-state index contributed by atoms with van der Waals surface area (Å²) < 4.78 is 12.3. The van der Waals surface area contributed by atoms with Crippen molar-refractivity contribution in [1.82, 2.24) is 4.31 Å². The first-order valence-electron chi connectivity index (χ1n) is 4.55. The van der Waals surface area contributed by atoms with Gasteiger partial charge >= 0.3 is 0 Å². The molecule has 7 heteroatoms. The third-order valence-corrected chi connectivity index (χ3v) is 3.51. The minimum absolute atomic E-state index is 0.0474. The molecule has 0 heterocycles. The van der Waals surface area contributed by atoms with Crippen LogP contribution in [0.1, 0.15) is 5.56 Å². The second-order valence-corrected chi connectivity index (χ2v) is 5.44. The van der Waals surface area contributed by atoms with Crippen molar-refractivity contribution >= 4 is 46.5 Å². The lowest BCUT2D eigenvalue weighted by molar-refractivity contribution is -0.130. The highest BCUT2D eigenvalue weighted by Gasteiger charge is 2.24. The Morgan fingerprint density at radius 1 is 1.35 bits per heavy atom. The lowest BCUT2D eigenvalue weighted by Gasteiger charge is -2.14. The van der Waals surface area contributed by atoms with E-state index < -0.39 is 21.7 Å². The molecule has 1 aromatic carbocycles. The third kappa shape index (κ3) is 4.11. The van der Waals surface area contributed by atoms with Gasteiger partial charge in [0.25, 0.3) is 5.91 Å². The molecule has 0 saturated heterocycles. The lowest BCUT2D eigenvalue weighted by atomic mass is 10.2. The fourth-order valence-corrected chi connectivity index (χ4v) is 2.43. The number of imide groups is 1. The molecule has 2 amide bonds. The van der Waals surface area contributed by atoms with Crippen molar-refractivity contribution in [3.63, 3.8) is 0 Å². The highest BCUT2D eigenvalue weighted by molar-refractivity contribution is 7.82. The average molecular weight is 294 g/mol. The molecule has 17 heavy (non-hydrogen) atoms. The Balaban J connectivity index is 2.75. The quantitative estimate of drug-likeness (QED) is 0.613. The second kappa shape index (κ2) is 6.74. The number of rotatable bonds is 5. The van der Waals surface area contributed by atoms with E-state index in [1.807, 2.05) is 6.07 Å². The minimum Gasteiger partial charge on any atom is -0.277 e. The van der Waals surface area contributed by atoms with E-state index in [0.717, 1.165) is 5.56 Å². The maximum atomic E-state index is 11.8. The van der Waals surface area contributed by atoms with Crippen LogP contribution in [0.5, 0.6) is 0 Å². The number of benzene rings is 1. The van der Waals surface area contributed by atoms with Gasteiger partial charge in [0.05, 0.1) is 5.75 Å². The summed E-state index contributed by atoms with van der Waals surface area (Å²) in [5, 5.41) is 0. The molecule has 0 aliphatic carbocycles. The zero-order chi connectivity index (χ0) is 12.8. The topological polar surface area (TPSA) is 54.5 Å². The fourth-order valence-electron chi connectivity index (χ4n) is 1.08. The zero-order valence-electron chi connectivity index (χ0n) is 8.58. The highest BCUT2D eigenvalue weighted by atomic mass is 35.5. The molecular formula is C10H9Cl2NO3S. The van der Waals surface area contributed by atoms with Crippen LogP contribution in [0.3, 0.4) is 0 Å². The summed E-state index contributed by atoms with van der Waals surface area (Å²) in [6.45, 7) is 0. The van der Waals surface area contributed by atoms with E-state index in [-0.39, 0.29) is 12.2 Å². The van der Waals surface area contributed by atoms with Crippen LogP contribution in [-0.2, 0) is 26.3 Å². The maximum absolute atomic E-state index is 11.8. The molecule has 0 saturated carbocycles. The van der Waals surface area contributed by atoms with E-state index in [4.69, 9.17) is 23.2 Å². The van der Waals surface area contributed by atoms with Crippen LogP contribution in [0.15, 0.2) is 30.3 Å². The van der Waals surface area contributed by atoms with Crippen LogP contribution >= 0.6 is 23.2 Å². The molecule has 92 valence electrons. The summed E-state index contributed by atoms with van der Waals surface area (Å²) >= 11 is 10.7. The number of carbonyl (C=O) groups is 2. The monoisotopic (exact) mass is 293 g/mol. The van der Waals surface area contributed by atoms with Gasteiger partial charge in [-0.25, -0.2) is 4.21 Å². The van der Waals surface area contributed by atoms with Gasteiger partial charge in [-0.05, 0) is 5.56 Å². The summed E-state index contributed by atoms with van der Waals surface area (Å²) in [5.41, 5.74) is 0.742. The Hall–Kier alpha value is -0.910. The van der Waals surface area contributed by atoms with Gasteiger partial charge < -0.3 is 0 Å². The van der Waals surface area contributed by atoms with Crippen LogP contribution in [0.4, 0.5) is 0 Å². The molecule has 0 aliphatic heterocycles. The van der Waals surface area contributed by atoms with Crippen LogP contribution < -0.4 is 0 Å². The molecule has 1 atom stereocenters. The molecule has 0 aromatic heterocycles. The average Bonchev–Trinajstić information content (AvgIpc) is 2.30. The van der Waals surface area contributed by atoms with Gasteiger partial charge in [-0.1, -0.05) is 53.5 Å². The Bertz CT molecular complexity index is 425. The van der Waals surface area contributed by atoms with Crippen molar-refractivity contribution in [1.29, 1.82) is 0 Å². The number of hydrogen-bond acceptors (Lipinski definition) is 3. The first-order chi connectivity index (χ1) is 8.06. The number of nitrogens with zero attached hydrogens (tertiary/aromatic N) is 1. The molecule has 1 rings (SSSR count). The Morgan fingerprint density at radius 3 is 2.41 bits per heavy atom. The largest absolute Gasteiger partial charge is 0.277 e. The fraction of sp³-hybridized carbons (Fsp3) is 0.200. The van der Waals surface area contributed by atoms with Crippen molar-refractivity contribution < 1.29 is 13.8 Å². The molecule has 0 fully saturated rings. The van der Waals surface area contributed by atoms with E-state index in [9.17, 15) is 13.8 Å². The molecule has 0 N–H and O–H groups in total. The van der Waals surface area contributed by atoms with Crippen molar-refractivity contribution in [2.45, 2.75) is 10.6 Å². The smallest absolute Gasteiger partial charge is 0.274 e. The van der Waals surface area contributed by atoms with Crippen molar-refractivity contribution in [3.8, 4) is 0 Å². The van der Waals surface area contributed by atoms with E-state index >= 15 is 0 Å². The first-order valence-corrected chi connectivity index (χ1v) is 6.70. The molecule has 0 radical (unpaired) electrons. The van der Waals surface area contributed by atoms with Crippen molar-refractivity contribution in [3.05, 3.63) is 35.9 Å². The predicted octanol–water partition coefficient (Wildman–Crippen LogP) is 1.64. The van der Waals surface area contributed by atoms with Crippen LogP contribution in [0, 0.1) is 0 Å². The van der Waals surface area contributed by atoms with Crippen LogP contribution in [0.2, 0.25) is 0 Å². The summed E-state index contributed by atoms with van der Waals surface area (Å²) in [7, 11) is -1.81. The van der Waals surface area contributed by atoms with Gasteiger partial charge in [-0.3, -0.25) is 9.59 Å². The molecule has 0 spiro atoms. The first kappa shape index (κ1) is 14.2. The Morgan fingerprint density at radius 2 is 1.94 bits per heavy atom. The number of carbonyl (C=O) groups excluding carboxylic acids is 2. The Labute approximate surface area is 111 Å².